The Balaban J connectivity index is 1.55. The molecule has 0 aliphatic carbocycles. The van der Waals surface area contributed by atoms with Crippen molar-refractivity contribution in [2.45, 2.75) is 71.3 Å². The number of imidazole rings is 1. The fourth-order valence-electron chi connectivity index (χ4n) is 5.01. The minimum atomic E-state index is -1.35. The molecule has 3 aromatic rings. The number of carbonyl (C=O) groups excluding carboxylic acids is 4. The molecule has 2 aliphatic rings. The van der Waals surface area contributed by atoms with E-state index in [-0.39, 0.29) is 42.0 Å². The third-order valence-electron chi connectivity index (χ3n) is 7.51. The molecule has 16 heteroatoms. The zero-order valence-corrected chi connectivity index (χ0v) is 27.5. The first-order valence-corrected chi connectivity index (χ1v) is 16.0. The average molecular weight is 672 g/mol. The van der Waals surface area contributed by atoms with Crippen LogP contribution in [0.15, 0.2) is 43.1 Å². The zero-order chi connectivity index (χ0) is 33.9. The van der Waals surface area contributed by atoms with Crippen LogP contribution in [0.3, 0.4) is 0 Å². The molecule has 0 spiro atoms. The fraction of sp³-hybridized carbons (Fsp3) is 0.516. The highest BCUT2D eigenvalue weighted by Gasteiger charge is 2.31. The monoisotopic (exact) mass is 671 g/mol. The molecule has 4 amide bonds. The lowest BCUT2D eigenvalue weighted by Gasteiger charge is -2.26. The summed E-state index contributed by atoms with van der Waals surface area (Å²) in [4.78, 5) is 58.6. The molecular formula is C31H42ClN9O6. The van der Waals surface area contributed by atoms with Gasteiger partial charge in [-0.3, -0.25) is 23.9 Å². The summed E-state index contributed by atoms with van der Waals surface area (Å²) in [5.74, 6) is -1.57. The van der Waals surface area contributed by atoms with E-state index in [1.807, 2.05) is 20.0 Å². The normalized spacial score (nSPS) is 19.7. The Kier molecular flexibility index (Phi) is 12.7. The molecule has 5 rings (SSSR count). The lowest BCUT2D eigenvalue weighted by molar-refractivity contribution is -0.133. The summed E-state index contributed by atoms with van der Waals surface area (Å²) < 4.78 is 9.17. The summed E-state index contributed by atoms with van der Waals surface area (Å²) in [6.07, 6.45) is 6.73. The second-order valence-corrected chi connectivity index (χ2v) is 12.3. The second kappa shape index (κ2) is 16.9. The van der Waals surface area contributed by atoms with E-state index in [1.165, 1.54) is 19.1 Å². The van der Waals surface area contributed by atoms with Crippen LogP contribution in [0.25, 0.3) is 0 Å². The zero-order valence-electron chi connectivity index (χ0n) is 26.8. The van der Waals surface area contributed by atoms with Gasteiger partial charge in [-0.25, -0.2) is 4.98 Å². The van der Waals surface area contributed by atoms with E-state index < -0.39 is 35.9 Å². The molecule has 15 nitrogen and oxygen atoms in total. The number of amides is 4. The van der Waals surface area contributed by atoms with E-state index in [0.29, 0.717) is 50.4 Å². The van der Waals surface area contributed by atoms with Crippen LogP contribution in [0.4, 0.5) is 0 Å². The molecule has 0 saturated carbocycles. The van der Waals surface area contributed by atoms with Gasteiger partial charge in [-0.15, -0.1) is 5.10 Å². The molecule has 47 heavy (non-hydrogen) atoms. The van der Waals surface area contributed by atoms with Crippen LogP contribution in [0.5, 0.6) is 5.75 Å². The number of aromatic nitrogens is 5. The van der Waals surface area contributed by atoms with Crippen LogP contribution < -0.4 is 20.7 Å². The van der Waals surface area contributed by atoms with E-state index >= 15 is 0 Å². The Morgan fingerprint density at radius 1 is 1.13 bits per heavy atom. The van der Waals surface area contributed by atoms with Crippen LogP contribution in [0.2, 0.25) is 5.02 Å². The minimum Gasteiger partial charge on any atom is -0.492 e. The smallest absolute Gasteiger partial charge is 0.252 e. The molecule has 4 heterocycles. The maximum atomic E-state index is 13.3. The summed E-state index contributed by atoms with van der Waals surface area (Å²) in [5, 5.41) is 27.1. The van der Waals surface area contributed by atoms with Crippen LogP contribution in [-0.4, -0.2) is 103 Å². The molecule has 2 aromatic heterocycles. The Hall–Kier alpha value is -4.50. The van der Waals surface area contributed by atoms with Gasteiger partial charge in [-0.2, -0.15) is 0 Å². The molecule has 0 saturated heterocycles. The third-order valence-corrected chi connectivity index (χ3v) is 7.80. The van der Waals surface area contributed by atoms with Gasteiger partial charge in [0.25, 0.3) is 5.91 Å². The third kappa shape index (κ3) is 10.5. The number of carbonyl (C=O) groups is 4. The standard InChI is InChI=1S/C31H42ClN9O6/c1-20(2)15-25-30(45)34-9-13-40(27(43)18-39-12-8-33-19-39)11-7-23-17-41(38-37-23)10-4-14-47-26-6-5-22(16-24(26)32)29(44)36-28(21(3)42)31(46)35-25/h5-6,8,12,16-17,19-21,25,28,42H,4,7,9-11,13-15,18H2,1-3H3,(H,34,45)(H,35,46)(H,36,44)/t21-,25-,28+/m1/s1. The van der Waals surface area contributed by atoms with Crippen LogP contribution >= 0.6 is 11.6 Å². The van der Waals surface area contributed by atoms with Crippen molar-refractivity contribution in [3.63, 3.8) is 0 Å². The molecule has 4 N–H and O–H groups in total. The highest BCUT2D eigenvalue weighted by molar-refractivity contribution is 6.32. The van der Waals surface area contributed by atoms with Crippen molar-refractivity contribution in [1.29, 1.82) is 0 Å². The average Bonchev–Trinajstić information content (AvgIpc) is 3.71. The van der Waals surface area contributed by atoms with Gasteiger partial charge in [0, 0.05) is 63.2 Å². The predicted molar refractivity (Wildman–Crippen MR) is 171 cm³/mol. The van der Waals surface area contributed by atoms with Gasteiger partial charge in [0.05, 0.1) is 29.8 Å². The Bertz CT molecular complexity index is 1510. The van der Waals surface area contributed by atoms with Gasteiger partial charge in [0.2, 0.25) is 17.7 Å². The summed E-state index contributed by atoms with van der Waals surface area (Å²) in [6, 6.07) is 2.18. The molecule has 2 aliphatic heterocycles. The molecule has 4 bridgehead atoms. The minimum absolute atomic E-state index is 0.0297. The van der Waals surface area contributed by atoms with Crippen molar-refractivity contribution >= 4 is 35.2 Å². The number of hydrogen-bond donors (Lipinski definition) is 4. The molecule has 0 unspecified atom stereocenters. The van der Waals surface area contributed by atoms with Gasteiger partial charge >= 0.3 is 0 Å². The Morgan fingerprint density at radius 3 is 2.64 bits per heavy atom. The maximum Gasteiger partial charge on any atom is 0.252 e. The van der Waals surface area contributed by atoms with Crippen LogP contribution in [-0.2, 0) is 33.9 Å². The number of nitrogens with one attached hydrogen (secondary N) is 3. The molecular weight excluding hydrogens is 630 g/mol. The Labute approximate surface area is 278 Å². The number of aryl methyl sites for hydroxylation is 1. The fourth-order valence-corrected chi connectivity index (χ4v) is 5.24. The first kappa shape index (κ1) is 35.4. The molecule has 1 aromatic carbocycles. The SMILES string of the molecule is CC(C)C[C@H]1NC(=O)[C@H]([C@@H](C)O)NC(=O)c2ccc(c(Cl)c2)OCCCn2cc(nn2)CCN(C(=O)Cn2ccnc2)CCNC1=O. The second-order valence-electron chi connectivity index (χ2n) is 11.9. The lowest BCUT2D eigenvalue weighted by Crippen LogP contribution is -2.57. The number of hydrogen-bond acceptors (Lipinski definition) is 9. The van der Waals surface area contributed by atoms with Gasteiger partial charge in [0.15, 0.2) is 0 Å². The summed E-state index contributed by atoms with van der Waals surface area (Å²) in [6.45, 7) is 6.78. The van der Waals surface area contributed by atoms with E-state index in [9.17, 15) is 24.3 Å². The van der Waals surface area contributed by atoms with Crippen molar-refractivity contribution < 1.29 is 29.0 Å². The van der Waals surface area contributed by atoms with Crippen molar-refractivity contribution in [3.8, 4) is 5.75 Å². The number of nitrogens with zero attached hydrogens (tertiary/aromatic N) is 6. The number of halogens is 1. The predicted octanol–water partition coefficient (Wildman–Crippen LogP) is 0.808. The number of aliphatic hydroxyl groups excluding tert-OH is 1. The number of ether oxygens (including phenoxy) is 1. The molecule has 0 radical (unpaired) electrons. The quantitative estimate of drug-likeness (QED) is 0.285. The van der Waals surface area contributed by atoms with E-state index in [4.69, 9.17) is 16.3 Å². The number of aliphatic hydroxyl groups is 1. The van der Waals surface area contributed by atoms with Crippen LogP contribution in [0.1, 0.15) is 49.7 Å². The molecule has 0 fully saturated rings. The number of rotatable bonds is 5. The topological polar surface area (TPSA) is 186 Å². The van der Waals surface area contributed by atoms with Gasteiger partial charge in [-0.05, 0) is 37.5 Å². The van der Waals surface area contributed by atoms with Crippen molar-refractivity contribution in [3.05, 3.63) is 59.4 Å². The molecule has 3 atom stereocenters. The summed E-state index contributed by atoms with van der Waals surface area (Å²) in [7, 11) is 0. The number of benzene rings is 1. The van der Waals surface area contributed by atoms with E-state index in [0.717, 1.165) is 0 Å². The molecule has 254 valence electrons. The van der Waals surface area contributed by atoms with Crippen molar-refractivity contribution in [2.75, 3.05) is 26.2 Å². The van der Waals surface area contributed by atoms with Crippen molar-refractivity contribution in [2.24, 2.45) is 5.92 Å². The summed E-state index contributed by atoms with van der Waals surface area (Å²) >= 11 is 6.39. The van der Waals surface area contributed by atoms with Gasteiger partial charge < -0.3 is 35.3 Å². The highest BCUT2D eigenvalue weighted by Crippen LogP contribution is 2.26. The summed E-state index contributed by atoms with van der Waals surface area (Å²) in [5.41, 5.74) is 0.864. The lowest BCUT2D eigenvalue weighted by atomic mass is 10.0. The van der Waals surface area contributed by atoms with E-state index in [2.05, 4.69) is 31.2 Å². The van der Waals surface area contributed by atoms with E-state index in [1.54, 1.807) is 38.9 Å². The van der Waals surface area contributed by atoms with Crippen LogP contribution in [0, 0.1) is 5.92 Å². The highest BCUT2D eigenvalue weighted by atomic mass is 35.5. The van der Waals surface area contributed by atoms with Gasteiger partial charge in [-0.1, -0.05) is 30.7 Å². The number of fused-ring (bicyclic) bond motifs is 17. The Morgan fingerprint density at radius 2 is 1.94 bits per heavy atom. The largest absolute Gasteiger partial charge is 0.492 e. The maximum absolute atomic E-state index is 13.3. The van der Waals surface area contributed by atoms with Gasteiger partial charge in [0.1, 0.15) is 24.4 Å². The van der Waals surface area contributed by atoms with Crippen molar-refractivity contribution in [1.82, 2.24) is 45.4 Å². The first-order chi connectivity index (χ1) is 22.5. The first-order valence-electron chi connectivity index (χ1n) is 15.6.